The van der Waals surface area contributed by atoms with Gasteiger partial charge >= 0.3 is 0 Å². The molecule has 1 aliphatic rings. The molecule has 0 unspecified atom stereocenters. The minimum atomic E-state index is 0.0863. The van der Waals surface area contributed by atoms with Crippen LogP contribution in [-0.2, 0) is 11.2 Å². The monoisotopic (exact) mass is 403 g/mol. The topological polar surface area (TPSA) is 44.8 Å². The minimum absolute atomic E-state index is 0.0863. The molecular formula is C25H29N3O2. The second-order valence-electron chi connectivity index (χ2n) is 7.69. The van der Waals surface area contributed by atoms with Crippen LogP contribution in [-0.4, -0.2) is 57.2 Å². The first-order valence-electron chi connectivity index (χ1n) is 10.6. The Balaban J connectivity index is 1.21. The van der Waals surface area contributed by atoms with Crippen LogP contribution >= 0.6 is 0 Å². The van der Waals surface area contributed by atoms with Crippen LogP contribution in [0.5, 0.6) is 5.75 Å². The molecule has 1 fully saturated rings. The highest BCUT2D eigenvalue weighted by Gasteiger charge is 2.17. The van der Waals surface area contributed by atoms with Crippen LogP contribution in [0.2, 0.25) is 0 Å². The van der Waals surface area contributed by atoms with Gasteiger partial charge in [0.25, 0.3) is 0 Å². The predicted molar refractivity (Wildman–Crippen MR) is 122 cm³/mol. The maximum Gasteiger partial charge on any atom is 0.224 e. The average Bonchev–Trinajstić information content (AvgIpc) is 2.80. The summed E-state index contributed by atoms with van der Waals surface area (Å²) < 4.78 is 5.23. The molecule has 5 heteroatoms. The molecule has 1 N–H and O–H groups in total. The number of benzene rings is 3. The Morgan fingerprint density at radius 2 is 1.67 bits per heavy atom. The molecule has 30 heavy (non-hydrogen) atoms. The summed E-state index contributed by atoms with van der Waals surface area (Å²) >= 11 is 0. The summed E-state index contributed by atoms with van der Waals surface area (Å²) in [6.45, 7) is 5.58. The fraction of sp³-hybridized carbons (Fsp3) is 0.320. The predicted octanol–water partition coefficient (Wildman–Crippen LogP) is 3.33. The number of amides is 1. The molecule has 5 nitrogen and oxygen atoms in total. The quantitative estimate of drug-likeness (QED) is 0.657. The molecule has 0 bridgehead atoms. The van der Waals surface area contributed by atoms with Crippen LogP contribution in [0, 0.1) is 0 Å². The molecule has 3 aromatic carbocycles. The summed E-state index contributed by atoms with van der Waals surface area (Å²) in [4.78, 5) is 17.3. The molecule has 0 saturated carbocycles. The van der Waals surface area contributed by atoms with Gasteiger partial charge in [-0.05, 0) is 40.6 Å². The molecule has 156 valence electrons. The molecule has 0 atom stereocenters. The number of nitrogens with one attached hydrogen (secondary N) is 1. The maximum absolute atomic E-state index is 12.4. The van der Waals surface area contributed by atoms with Crippen molar-refractivity contribution in [1.29, 1.82) is 0 Å². The first-order chi connectivity index (χ1) is 14.7. The van der Waals surface area contributed by atoms with Gasteiger partial charge in [0.1, 0.15) is 5.75 Å². The molecule has 0 spiro atoms. The Hall–Kier alpha value is -3.05. The lowest BCUT2D eigenvalue weighted by Crippen LogP contribution is -2.48. The zero-order chi connectivity index (χ0) is 20.8. The van der Waals surface area contributed by atoms with E-state index in [4.69, 9.17) is 4.74 Å². The van der Waals surface area contributed by atoms with Gasteiger partial charge in [-0.2, -0.15) is 0 Å². The van der Waals surface area contributed by atoms with Crippen LogP contribution in [0.3, 0.4) is 0 Å². The number of anilines is 1. The van der Waals surface area contributed by atoms with Gasteiger partial charge in [-0.1, -0.05) is 42.5 Å². The summed E-state index contributed by atoms with van der Waals surface area (Å²) in [5, 5.41) is 5.43. The third-order valence-corrected chi connectivity index (χ3v) is 5.79. The van der Waals surface area contributed by atoms with E-state index >= 15 is 0 Å². The lowest BCUT2D eigenvalue weighted by Gasteiger charge is -2.36. The Morgan fingerprint density at radius 3 is 2.43 bits per heavy atom. The summed E-state index contributed by atoms with van der Waals surface area (Å²) in [5.41, 5.74) is 2.32. The molecule has 0 aromatic heterocycles. The molecule has 0 aliphatic carbocycles. The second kappa shape index (κ2) is 9.63. The number of hydrogen-bond donors (Lipinski definition) is 1. The summed E-state index contributed by atoms with van der Waals surface area (Å²) in [7, 11) is 1.69. The smallest absolute Gasteiger partial charge is 0.224 e. The SMILES string of the molecule is COc1ccc(N2CCN(CCNC(=O)Cc3cccc4ccccc34)CC2)cc1. The van der Waals surface area contributed by atoms with Gasteiger partial charge < -0.3 is 15.0 Å². The number of methoxy groups -OCH3 is 1. The van der Waals surface area contributed by atoms with E-state index < -0.39 is 0 Å². The number of rotatable bonds is 7. The van der Waals surface area contributed by atoms with Crippen LogP contribution in [0.25, 0.3) is 10.8 Å². The number of carbonyl (C=O) groups is 1. The standard InChI is InChI=1S/C25H29N3O2/c1-30-23-11-9-22(10-12-23)28-17-15-27(16-18-28)14-13-26-25(29)19-21-7-4-6-20-5-2-3-8-24(20)21/h2-12H,13-19H2,1H3,(H,26,29). The molecule has 4 rings (SSSR count). The van der Waals surface area contributed by atoms with Crippen molar-refractivity contribution in [1.82, 2.24) is 10.2 Å². The fourth-order valence-corrected chi connectivity index (χ4v) is 4.06. The molecule has 1 saturated heterocycles. The van der Waals surface area contributed by atoms with Crippen molar-refractivity contribution >= 4 is 22.4 Å². The highest BCUT2D eigenvalue weighted by molar-refractivity contribution is 5.90. The largest absolute Gasteiger partial charge is 0.497 e. The first-order valence-corrected chi connectivity index (χ1v) is 10.6. The average molecular weight is 404 g/mol. The van der Waals surface area contributed by atoms with E-state index in [1.807, 2.05) is 36.4 Å². The molecule has 0 radical (unpaired) electrons. The van der Waals surface area contributed by atoms with E-state index in [1.165, 1.54) is 11.1 Å². The lowest BCUT2D eigenvalue weighted by atomic mass is 10.0. The fourth-order valence-electron chi connectivity index (χ4n) is 4.06. The van der Waals surface area contributed by atoms with Gasteiger partial charge in [0, 0.05) is 45.0 Å². The number of carbonyl (C=O) groups excluding carboxylic acids is 1. The van der Waals surface area contributed by atoms with Gasteiger partial charge in [-0.15, -0.1) is 0 Å². The highest BCUT2D eigenvalue weighted by Crippen LogP contribution is 2.21. The zero-order valence-electron chi connectivity index (χ0n) is 17.5. The van der Waals surface area contributed by atoms with Crippen LogP contribution in [0.1, 0.15) is 5.56 Å². The molecule has 1 heterocycles. The third-order valence-electron chi connectivity index (χ3n) is 5.79. The Kier molecular flexibility index (Phi) is 6.50. The Bertz CT molecular complexity index is 974. The van der Waals surface area contributed by atoms with Crippen molar-refractivity contribution in [3.63, 3.8) is 0 Å². The highest BCUT2D eigenvalue weighted by atomic mass is 16.5. The van der Waals surface area contributed by atoms with Crippen LogP contribution in [0.15, 0.2) is 66.7 Å². The Morgan fingerprint density at radius 1 is 0.933 bits per heavy atom. The summed E-state index contributed by atoms with van der Waals surface area (Å²) in [6, 6.07) is 22.6. The van der Waals surface area contributed by atoms with Crippen molar-refractivity contribution in [3.05, 3.63) is 72.3 Å². The molecule has 1 amide bonds. The van der Waals surface area contributed by atoms with Gasteiger partial charge in [-0.3, -0.25) is 9.69 Å². The molecule has 3 aromatic rings. The first kappa shape index (κ1) is 20.2. The number of piperazine rings is 1. The van der Waals surface area contributed by atoms with Crippen molar-refractivity contribution in [2.24, 2.45) is 0 Å². The van der Waals surface area contributed by atoms with E-state index in [1.54, 1.807) is 7.11 Å². The number of hydrogen-bond acceptors (Lipinski definition) is 4. The van der Waals surface area contributed by atoms with Crippen molar-refractivity contribution in [3.8, 4) is 5.75 Å². The number of fused-ring (bicyclic) bond motifs is 1. The zero-order valence-corrected chi connectivity index (χ0v) is 17.5. The number of ether oxygens (including phenoxy) is 1. The normalized spacial score (nSPS) is 14.6. The van der Waals surface area contributed by atoms with Crippen molar-refractivity contribution in [2.75, 3.05) is 51.3 Å². The third kappa shape index (κ3) is 4.92. The van der Waals surface area contributed by atoms with Gasteiger partial charge in [0.2, 0.25) is 5.91 Å². The van der Waals surface area contributed by atoms with Crippen molar-refractivity contribution in [2.45, 2.75) is 6.42 Å². The van der Waals surface area contributed by atoms with E-state index in [9.17, 15) is 4.79 Å². The van der Waals surface area contributed by atoms with Gasteiger partial charge in [-0.25, -0.2) is 0 Å². The summed E-state index contributed by atoms with van der Waals surface area (Å²) in [5.74, 6) is 0.972. The van der Waals surface area contributed by atoms with Crippen LogP contribution < -0.4 is 15.0 Å². The summed E-state index contributed by atoms with van der Waals surface area (Å²) in [6.07, 6.45) is 0.423. The van der Waals surface area contributed by atoms with E-state index in [-0.39, 0.29) is 5.91 Å². The maximum atomic E-state index is 12.4. The van der Waals surface area contributed by atoms with E-state index in [0.717, 1.165) is 49.4 Å². The van der Waals surface area contributed by atoms with Gasteiger partial charge in [0.15, 0.2) is 0 Å². The number of nitrogens with zero attached hydrogens (tertiary/aromatic N) is 2. The molecule has 1 aliphatic heterocycles. The van der Waals surface area contributed by atoms with E-state index in [0.29, 0.717) is 13.0 Å². The van der Waals surface area contributed by atoms with Crippen LogP contribution in [0.4, 0.5) is 5.69 Å². The van der Waals surface area contributed by atoms with Gasteiger partial charge in [0.05, 0.1) is 13.5 Å². The van der Waals surface area contributed by atoms with Crippen molar-refractivity contribution < 1.29 is 9.53 Å². The second-order valence-corrected chi connectivity index (χ2v) is 7.69. The Labute approximate surface area is 178 Å². The van der Waals surface area contributed by atoms with E-state index in [2.05, 4.69) is 45.4 Å². The molecular weight excluding hydrogens is 374 g/mol. The minimum Gasteiger partial charge on any atom is -0.497 e. The lowest BCUT2D eigenvalue weighted by molar-refractivity contribution is -0.120.